The van der Waals surface area contributed by atoms with Crippen molar-refractivity contribution < 1.29 is 28.0 Å². The lowest BCUT2D eigenvalue weighted by atomic mass is 10.1. The third-order valence-corrected chi connectivity index (χ3v) is 2.98. The molecule has 0 fully saturated rings. The standard InChI is InChI=1S/C10H10F3N5O4/c11-10(12,13)9(20)3-4-14-17(9)8(19)2-6-16-5-1-7(15-16)18(21)22/h1,4-5,20H,2-3,6H2/t9-/m1/s1. The molecule has 1 atom stereocenters. The van der Waals surface area contributed by atoms with Gasteiger partial charge < -0.3 is 15.2 Å². The lowest BCUT2D eigenvalue weighted by molar-refractivity contribution is -0.389. The predicted molar refractivity (Wildman–Crippen MR) is 64.5 cm³/mol. The fraction of sp³-hybridized carbons (Fsp3) is 0.500. The van der Waals surface area contributed by atoms with E-state index in [2.05, 4.69) is 10.2 Å². The van der Waals surface area contributed by atoms with Crippen molar-refractivity contribution in [2.45, 2.75) is 31.3 Å². The Bertz CT molecular complexity index is 628. The Morgan fingerprint density at radius 1 is 1.55 bits per heavy atom. The summed E-state index contributed by atoms with van der Waals surface area (Å²) in [6.45, 7) is -0.188. The number of nitro groups is 1. The van der Waals surface area contributed by atoms with Gasteiger partial charge in [0.05, 0.1) is 30.3 Å². The maximum atomic E-state index is 12.8. The zero-order valence-electron chi connectivity index (χ0n) is 10.9. The second kappa shape index (κ2) is 5.36. The molecule has 0 bridgehead atoms. The molecule has 1 aromatic heterocycles. The number of hydrogen-bond acceptors (Lipinski definition) is 6. The number of amides is 1. The smallest absolute Gasteiger partial charge is 0.362 e. The second-order valence-electron chi connectivity index (χ2n) is 4.47. The van der Waals surface area contributed by atoms with E-state index in [9.17, 15) is 33.2 Å². The zero-order valence-corrected chi connectivity index (χ0v) is 10.9. The number of aromatic nitrogens is 2. The van der Waals surface area contributed by atoms with Crippen LogP contribution < -0.4 is 0 Å². The summed E-state index contributed by atoms with van der Waals surface area (Å²) in [6.07, 6.45) is -4.35. The summed E-state index contributed by atoms with van der Waals surface area (Å²) >= 11 is 0. The number of nitrogens with zero attached hydrogens (tertiary/aromatic N) is 5. The number of carbonyl (C=O) groups excluding carboxylic acids is 1. The largest absolute Gasteiger partial charge is 0.438 e. The average Bonchev–Trinajstić information content (AvgIpc) is 3.02. The molecule has 0 radical (unpaired) electrons. The first-order chi connectivity index (χ1) is 10.1. The third-order valence-electron chi connectivity index (χ3n) is 2.98. The Kier molecular flexibility index (Phi) is 3.87. The molecular weight excluding hydrogens is 311 g/mol. The molecule has 0 saturated carbocycles. The molecule has 1 amide bonds. The number of carbonyl (C=O) groups is 1. The Labute approximate surface area is 120 Å². The Hall–Kier alpha value is -2.50. The summed E-state index contributed by atoms with van der Waals surface area (Å²) in [5.74, 6) is -1.52. The molecule has 1 N–H and O–H groups in total. The number of aliphatic hydroxyl groups is 1. The van der Waals surface area contributed by atoms with Crippen LogP contribution in [0.1, 0.15) is 12.8 Å². The molecule has 0 spiro atoms. The molecule has 2 heterocycles. The van der Waals surface area contributed by atoms with Gasteiger partial charge in [0.15, 0.2) is 0 Å². The van der Waals surface area contributed by atoms with E-state index in [0.717, 1.165) is 17.0 Å². The number of alkyl halides is 3. The molecule has 1 aliphatic heterocycles. The lowest BCUT2D eigenvalue weighted by Gasteiger charge is -2.32. The van der Waals surface area contributed by atoms with Crippen molar-refractivity contribution >= 4 is 17.9 Å². The van der Waals surface area contributed by atoms with E-state index < -0.39 is 41.4 Å². The molecule has 0 aliphatic carbocycles. The van der Waals surface area contributed by atoms with Gasteiger partial charge in [0.1, 0.15) is 0 Å². The van der Waals surface area contributed by atoms with Crippen LogP contribution in [0.4, 0.5) is 19.0 Å². The fourth-order valence-electron chi connectivity index (χ4n) is 1.83. The lowest BCUT2D eigenvalue weighted by Crippen LogP contribution is -2.56. The van der Waals surface area contributed by atoms with Crippen LogP contribution in [0.25, 0.3) is 0 Å². The minimum atomic E-state index is -5.05. The molecule has 0 unspecified atom stereocenters. The fourth-order valence-corrected chi connectivity index (χ4v) is 1.83. The van der Waals surface area contributed by atoms with Crippen molar-refractivity contribution in [2.24, 2.45) is 5.10 Å². The van der Waals surface area contributed by atoms with Crippen molar-refractivity contribution in [1.29, 1.82) is 0 Å². The molecule has 22 heavy (non-hydrogen) atoms. The van der Waals surface area contributed by atoms with Crippen molar-refractivity contribution in [3.05, 3.63) is 22.4 Å². The van der Waals surface area contributed by atoms with Gasteiger partial charge >= 0.3 is 12.0 Å². The van der Waals surface area contributed by atoms with Gasteiger partial charge in [-0.15, -0.1) is 0 Å². The molecule has 0 aromatic carbocycles. The van der Waals surface area contributed by atoms with E-state index in [1.165, 1.54) is 6.20 Å². The van der Waals surface area contributed by atoms with Gasteiger partial charge in [-0.25, -0.2) is 0 Å². The number of halogens is 3. The summed E-state index contributed by atoms with van der Waals surface area (Å²) in [5, 5.41) is 26.8. The first-order valence-electron chi connectivity index (χ1n) is 5.97. The van der Waals surface area contributed by atoms with Crippen LogP contribution in [0.5, 0.6) is 0 Å². The van der Waals surface area contributed by atoms with Crippen molar-refractivity contribution in [3.63, 3.8) is 0 Å². The number of hydrazone groups is 1. The molecule has 2 rings (SSSR count). The SMILES string of the molecule is O=C(CCn1ccc([N+](=O)[O-])n1)N1N=CC[C@@]1(O)C(F)(F)F. The highest BCUT2D eigenvalue weighted by Gasteiger charge is 2.61. The van der Waals surface area contributed by atoms with Crippen LogP contribution in [-0.2, 0) is 11.3 Å². The molecule has 120 valence electrons. The topological polar surface area (TPSA) is 114 Å². The zero-order chi connectivity index (χ0) is 16.5. The first kappa shape index (κ1) is 15.9. The highest BCUT2D eigenvalue weighted by Crippen LogP contribution is 2.38. The Morgan fingerprint density at radius 2 is 2.23 bits per heavy atom. The van der Waals surface area contributed by atoms with Crippen molar-refractivity contribution in [3.8, 4) is 0 Å². The molecule has 1 aromatic rings. The maximum absolute atomic E-state index is 12.8. The van der Waals surface area contributed by atoms with Crippen LogP contribution in [0.15, 0.2) is 17.4 Å². The highest BCUT2D eigenvalue weighted by molar-refractivity contribution is 5.80. The van der Waals surface area contributed by atoms with Crippen molar-refractivity contribution in [2.75, 3.05) is 0 Å². The predicted octanol–water partition coefficient (Wildman–Crippen LogP) is 0.650. The van der Waals surface area contributed by atoms with Crippen molar-refractivity contribution in [1.82, 2.24) is 14.8 Å². The third kappa shape index (κ3) is 2.77. The van der Waals surface area contributed by atoms with Gasteiger partial charge in [0.25, 0.3) is 5.72 Å². The van der Waals surface area contributed by atoms with Gasteiger partial charge in [-0.2, -0.15) is 28.0 Å². The molecule has 0 saturated heterocycles. The average molecular weight is 321 g/mol. The Morgan fingerprint density at radius 3 is 2.77 bits per heavy atom. The van der Waals surface area contributed by atoms with Crippen LogP contribution in [0.3, 0.4) is 0 Å². The van der Waals surface area contributed by atoms with Gasteiger partial charge in [-0.05, 0) is 4.92 Å². The summed E-state index contributed by atoms with van der Waals surface area (Å²) in [4.78, 5) is 21.5. The van der Waals surface area contributed by atoms with E-state index in [4.69, 9.17) is 0 Å². The summed E-state index contributed by atoms with van der Waals surface area (Å²) in [7, 11) is 0. The Balaban J connectivity index is 2.02. The van der Waals surface area contributed by atoms with E-state index in [-0.39, 0.29) is 11.6 Å². The van der Waals surface area contributed by atoms with Gasteiger partial charge in [0, 0.05) is 12.6 Å². The summed E-state index contributed by atoms with van der Waals surface area (Å²) < 4.78 is 39.4. The van der Waals surface area contributed by atoms with Crippen LogP contribution in [0.2, 0.25) is 0 Å². The van der Waals surface area contributed by atoms with E-state index in [1.807, 2.05) is 0 Å². The highest BCUT2D eigenvalue weighted by atomic mass is 19.4. The van der Waals surface area contributed by atoms with Gasteiger partial charge in [-0.1, -0.05) is 0 Å². The van der Waals surface area contributed by atoms with Gasteiger partial charge in [-0.3, -0.25) is 4.79 Å². The molecule has 9 nitrogen and oxygen atoms in total. The van der Waals surface area contributed by atoms with Crippen LogP contribution in [0, 0.1) is 10.1 Å². The number of aryl methyl sites for hydroxylation is 1. The van der Waals surface area contributed by atoms with E-state index in [1.54, 1.807) is 0 Å². The van der Waals surface area contributed by atoms with Crippen LogP contribution in [-0.4, -0.2) is 48.8 Å². The summed E-state index contributed by atoms with van der Waals surface area (Å²) in [5.41, 5.74) is -3.36. The molecule has 1 aliphatic rings. The molecular formula is C10H10F3N5O4. The van der Waals surface area contributed by atoms with Gasteiger partial charge in [0.2, 0.25) is 5.91 Å². The molecule has 12 heteroatoms. The second-order valence-corrected chi connectivity index (χ2v) is 4.47. The first-order valence-corrected chi connectivity index (χ1v) is 5.97. The van der Waals surface area contributed by atoms with E-state index >= 15 is 0 Å². The minimum Gasteiger partial charge on any atom is -0.362 e. The minimum absolute atomic E-state index is 0.0229. The normalized spacial score (nSPS) is 21.4. The monoisotopic (exact) mass is 321 g/mol. The number of hydrogen-bond donors (Lipinski definition) is 1. The summed E-state index contributed by atoms with van der Waals surface area (Å²) in [6, 6.07) is 1.09. The van der Waals surface area contributed by atoms with E-state index in [0.29, 0.717) is 0 Å². The maximum Gasteiger partial charge on any atom is 0.438 e. The number of rotatable bonds is 4. The van der Waals surface area contributed by atoms with Crippen LogP contribution >= 0.6 is 0 Å². The quantitative estimate of drug-likeness (QED) is 0.646.